The molecule has 1 aromatic carbocycles. The standard InChI is InChI=1S/C16H18BrN3/c1-11-2-3-13(17)9-14(11)15-5-7-19-16(20-15)8-12-4-6-18-10-12/h2-3,5,7,9,12,18H,4,6,8,10H2,1H3. The molecule has 2 aromatic rings. The second-order valence-corrected chi connectivity index (χ2v) is 6.30. The van der Waals surface area contributed by atoms with E-state index in [-0.39, 0.29) is 0 Å². The van der Waals surface area contributed by atoms with Crippen LogP contribution in [0.3, 0.4) is 0 Å². The molecule has 2 heterocycles. The highest BCUT2D eigenvalue weighted by Gasteiger charge is 2.16. The Kier molecular flexibility index (Phi) is 4.13. The molecule has 1 fully saturated rings. The minimum atomic E-state index is 0.675. The van der Waals surface area contributed by atoms with Crippen LogP contribution in [0.4, 0.5) is 0 Å². The predicted octanol–water partition coefficient (Wildman–Crippen LogP) is 3.37. The van der Waals surface area contributed by atoms with E-state index < -0.39 is 0 Å². The van der Waals surface area contributed by atoms with E-state index in [2.05, 4.69) is 51.4 Å². The lowest BCUT2D eigenvalue weighted by atomic mass is 10.0. The average Bonchev–Trinajstić information content (AvgIpc) is 2.95. The van der Waals surface area contributed by atoms with Gasteiger partial charge < -0.3 is 5.32 Å². The summed E-state index contributed by atoms with van der Waals surface area (Å²) in [5, 5.41) is 3.39. The number of benzene rings is 1. The lowest BCUT2D eigenvalue weighted by Gasteiger charge is -2.10. The Balaban J connectivity index is 1.88. The summed E-state index contributed by atoms with van der Waals surface area (Å²) >= 11 is 3.53. The Labute approximate surface area is 128 Å². The molecule has 3 nitrogen and oxygen atoms in total. The predicted molar refractivity (Wildman–Crippen MR) is 84.6 cm³/mol. The second-order valence-electron chi connectivity index (χ2n) is 5.38. The Morgan fingerprint density at radius 3 is 3.05 bits per heavy atom. The summed E-state index contributed by atoms with van der Waals surface area (Å²) in [7, 11) is 0. The topological polar surface area (TPSA) is 37.8 Å². The van der Waals surface area contributed by atoms with Gasteiger partial charge in [-0.1, -0.05) is 22.0 Å². The first-order valence-corrected chi connectivity index (χ1v) is 7.81. The molecule has 104 valence electrons. The van der Waals surface area contributed by atoms with E-state index in [1.807, 2.05) is 12.3 Å². The molecule has 1 saturated heterocycles. The van der Waals surface area contributed by atoms with Crippen LogP contribution in [0.2, 0.25) is 0 Å². The molecule has 20 heavy (non-hydrogen) atoms. The van der Waals surface area contributed by atoms with Crippen LogP contribution >= 0.6 is 15.9 Å². The van der Waals surface area contributed by atoms with Crippen molar-refractivity contribution >= 4 is 15.9 Å². The van der Waals surface area contributed by atoms with Crippen LogP contribution in [0, 0.1) is 12.8 Å². The number of rotatable bonds is 3. The van der Waals surface area contributed by atoms with Crippen LogP contribution < -0.4 is 5.32 Å². The highest BCUT2D eigenvalue weighted by atomic mass is 79.9. The highest BCUT2D eigenvalue weighted by Crippen LogP contribution is 2.25. The van der Waals surface area contributed by atoms with Crippen molar-refractivity contribution in [2.24, 2.45) is 5.92 Å². The highest BCUT2D eigenvalue weighted by molar-refractivity contribution is 9.10. The summed E-state index contributed by atoms with van der Waals surface area (Å²) in [5.41, 5.74) is 3.42. The first-order chi connectivity index (χ1) is 9.72. The molecule has 1 N–H and O–H groups in total. The average molecular weight is 332 g/mol. The molecule has 0 saturated carbocycles. The van der Waals surface area contributed by atoms with Gasteiger partial charge in [0.1, 0.15) is 5.82 Å². The van der Waals surface area contributed by atoms with Crippen LogP contribution in [0.15, 0.2) is 34.9 Å². The first-order valence-electron chi connectivity index (χ1n) is 7.01. The summed E-state index contributed by atoms with van der Waals surface area (Å²) in [6.45, 7) is 4.32. The molecule has 1 aliphatic heterocycles. The van der Waals surface area contributed by atoms with Crippen molar-refractivity contribution in [1.29, 1.82) is 0 Å². The Morgan fingerprint density at radius 2 is 2.25 bits per heavy atom. The van der Waals surface area contributed by atoms with E-state index in [0.29, 0.717) is 5.92 Å². The SMILES string of the molecule is Cc1ccc(Br)cc1-c1ccnc(CC2CCNC2)n1. The van der Waals surface area contributed by atoms with Crippen molar-refractivity contribution in [1.82, 2.24) is 15.3 Å². The van der Waals surface area contributed by atoms with Crippen LogP contribution in [0.5, 0.6) is 0 Å². The number of aryl methyl sites for hydroxylation is 1. The molecule has 0 amide bonds. The molecule has 0 radical (unpaired) electrons. The quantitative estimate of drug-likeness (QED) is 0.936. The third-order valence-corrected chi connectivity index (χ3v) is 4.31. The zero-order chi connectivity index (χ0) is 13.9. The minimum absolute atomic E-state index is 0.675. The van der Waals surface area contributed by atoms with Gasteiger partial charge in [0, 0.05) is 22.7 Å². The smallest absolute Gasteiger partial charge is 0.129 e. The zero-order valence-electron chi connectivity index (χ0n) is 11.6. The monoisotopic (exact) mass is 331 g/mol. The summed E-state index contributed by atoms with van der Waals surface area (Å²) in [6, 6.07) is 8.29. The van der Waals surface area contributed by atoms with E-state index in [9.17, 15) is 0 Å². The van der Waals surface area contributed by atoms with Crippen molar-refractivity contribution in [2.75, 3.05) is 13.1 Å². The van der Waals surface area contributed by atoms with Gasteiger partial charge in [0.05, 0.1) is 5.69 Å². The van der Waals surface area contributed by atoms with E-state index in [1.54, 1.807) is 0 Å². The van der Waals surface area contributed by atoms with Crippen molar-refractivity contribution in [3.8, 4) is 11.3 Å². The summed E-state index contributed by atoms with van der Waals surface area (Å²) in [5.74, 6) is 1.63. The largest absolute Gasteiger partial charge is 0.316 e. The summed E-state index contributed by atoms with van der Waals surface area (Å²) in [4.78, 5) is 9.18. The zero-order valence-corrected chi connectivity index (χ0v) is 13.2. The number of aromatic nitrogens is 2. The molecular formula is C16H18BrN3. The van der Waals surface area contributed by atoms with Crippen LogP contribution in [0.25, 0.3) is 11.3 Å². The fourth-order valence-electron chi connectivity index (χ4n) is 2.66. The molecule has 0 bridgehead atoms. The van der Waals surface area contributed by atoms with Crippen LogP contribution in [0.1, 0.15) is 17.8 Å². The molecule has 1 unspecified atom stereocenters. The van der Waals surface area contributed by atoms with Crippen LogP contribution in [-0.4, -0.2) is 23.1 Å². The van der Waals surface area contributed by atoms with Crippen molar-refractivity contribution in [3.05, 3.63) is 46.3 Å². The van der Waals surface area contributed by atoms with E-state index in [1.165, 1.54) is 17.5 Å². The lowest BCUT2D eigenvalue weighted by molar-refractivity contribution is 0.561. The van der Waals surface area contributed by atoms with Gasteiger partial charge in [0.25, 0.3) is 0 Å². The van der Waals surface area contributed by atoms with E-state index >= 15 is 0 Å². The van der Waals surface area contributed by atoms with E-state index in [4.69, 9.17) is 4.98 Å². The maximum Gasteiger partial charge on any atom is 0.129 e. The maximum absolute atomic E-state index is 4.75. The third kappa shape index (κ3) is 3.07. The molecule has 3 rings (SSSR count). The van der Waals surface area contributed by atoms with Gasteiger partial charge in [0.2, 0.25) is 0 Å². The summed E-state index contributed by atoms with van der Waals surface area (Å²) < 4.78 is 1.08. The number of hydrogen-bond acceptors (Lipinski definition) is 3. The Hall–Kier alpha value is -1.26. The van der Waals surface area contributed by atoms with Gasteiger partial charge in [-0.2, -0.15) is 0 Å². The van der Waals surface area contributed by atoms with Gasteiger partial charge >= 0.3 is 0 Å². The number of halogens is 1. The number of nitrogens with zero attached hydrogens (tertiary/aromatic N) is 2. The molecule has 0 spiro atoms. The second kappa shape index (κ2) is 6.02. The molecule has 1 aromatic heterocycles. The lowest BCUT2D eigenvalue weighted by Crippen LogP contribution is -2.12. The minimum Gasteiger partial charge on any atom is -0.316 e. The Bertz CT molecular complexity index is 606. The van der Waals surface area contributed by atoms with E-state index in [0.717, 1.165) is 35.5 Å². The van der Waals surface area contributed by atoms with Gasteiger partial charge in [0.15, 0.2) is 0 Å². The van der Waals surface area contributed by atoms with Gasteiger partial charge in [-0.15, -0.1) is 0 Å². The third-order valence-electron chi connectivity index (χ3n) is 3.81. The van der Waals surface area contributed by atoms with Gasteiger partial charge in [-0.05, 0) is 56.1 Å². The molecule has 0 aliphatic carbocycles. The molecular weight excluding hydrogens is 314 g/mol. The van der Waals surface area contributed by atoms with Crippen molar-refractivity contribution in [3.63, 3.8) is 0 Å². The molecule has 4 heteroatoms. The Morgan fingerprint density at radius 1 is 1.35 bits per heavy atom. The number of nitrogens with one attached hydrogen (secondary N) is 1. The normalized spacial score (nSPS) is 18.4. The maximum atomic E-state index is 4.75. The van der Waals surface area contributed by atoms with Crippen molar-refractivity contribution < 1.29 is 0 Å². The first kappa shape index (κ1) is 13.7. The van der Waals surface area contributed by atoms with Gasteiger partial charge in [-0.3, -0.25) is 0 Å². The fraction of sp³-hybridized carbons (Fsp3) is 0.375. The fourth-order valence-corrected chi connectivity index (χ4v) is 3.03. The molecule has 1 atom stereocenters. The van der Waals surface area contributed by atoms with Crippen LogP contribution in [-0.2, 0) is 6.42 Å². The van der Waals surface area contributed by atoms with Gasteiger partial charge in [-0.25, -0.2) is 9.97 Å². The number of hydrogen-bond donors (Lipinski definition) is 1. The van der Waals surface area contributed by atoms with Crippen molar-refractivity contribution in [2.45, 2.75) is 19.8 Å². The summed E-state index contributed by atoms with van der Waals surface area (Å²) in [6.07, 6.45) is 4.07. The molecule has 1 aliphatic rings.